The smallest absolute Gasteiger partial charge is 0.268 e. The summed E-state index contributed by atoms with van der Waals surface area (Å²) in [6.45, 7) is 3.68. The number of piperidine rings is 1. The lowest BCUT2D eigenvalue weighted by molar-refractivity contribution is -0.177. The Morgan fingerprint density at radius 3 is 2.76 bits per heavy atom. The molecular formula is C21H28N4O4. The number of aromatic amines is 1. The van der Waals surface area contributed by atoms with Crippen LogP contribution in [0.3, 0.4) is 0 Å². The number of hydrogen-bond acceptors (Lipinski definition) is 5. The molecule has 2 aliphatic rings. The summed E-state index contributed by atoms with van der Waals surface area (Å²) in [4.78, 5) is 29.2. The average Bonchev–Trinajstić information content (AvgIpc) is 3.11. The molecule has 1 aromatic carbocycles. The van der Waals surface area contributed by atoms with Crippen molar-refractivity contribution in [1.82, 2.24) is 15.2 Å². The third kappa shape index (κ3) is 4.01. The highest BCUT2D eigenvalue weighted by atomic mass is 16.5. The van der Waals surface area contributed by atoms with Crippen LogP contribution in [-0.2, 0) is 9.53 Å². The van der Waals surface area contributed by atoms with E-state index in [-0.39, 0.29) is 25.0 Å². The standard InChI is InChI=1S/C21H28N4O4/c1-20(24-19(28)16-10-14-4-2-3-5-15(14)23-16)13-21(29-12-17(20)26)6-8-25(9-7-21)11-18(22)27/h2-5,10,17,23,26H,6-9,11-13H2,1H3,(H2,22,27)(H,24,28)/t17-,20-/m1/s1. The Morgan fingerprint density at radius 1 is 1.34 bits per heavy atom. The van der Waals surface area contributed by atoms with Crippen molar-refractivity contribution < 1.29 is 19.4 Å². The summed E-state index contributed by atoms with van der Waals surface area (Å²) in [5.74, 6) is -0.581. The number of likely N-dealkylation sites (tertiary alicyclic amines) is 1. The van der Waals surface area contributed by atoms with E-state index in [4.69, 9.17) is 10.5 Å². The minimum absolute atomic E-state index is 0.166. The van der Waals surface area contributed by atoms with E-state index in [2.05, 4.69) is 10.3 Å². The van der Waals surface area contributed by atoms with Crippen molar-refractivity contribution in [1.29, 1.82) is 0 Å². The highest BCUT2D eigenvalue weighted by Crippen LogP contribution is 2.39. The van der Waals surface area contributed by atoms with Crippen molar-refractivity contribution in [3.63, 3.8) is 0 Å². The Labute approximate surface area is 169 Å². The maximum absolute atomic E-state index is 12.9. The normalized spacial score (nSPS) is 27.2. The zero-order chi connectivity index (χ0) is 20.6. The molecule has 2 atom stereocenters. The van der Waals surface area contributed by atoms with Crippen LogP contribution in [0.4, 0.5) is 0 Å². The fourth-order valence-electron chi connectivity index (χ4n) is 4.59. The number of hydrogen-bond donors (Lipinski definition) is 4. The van der Waals surface area contributed by atoms with Gasteiger partial charge in [-0.25, -0.2) is 0 Å². The summed E-state index contributed by atoms with van der Waals surface area (Å²) in [5.41, 5.74) is 5.44. The van der Waals surface area contributed by atoms with Gasteiger partial charge in [0.2, 0.25) is 5.91 Å². The molecule has 3 heterocycles. The number of fused-ring (bicyclic) bond motifs is 1. The van der Waals surface area contributed by atoms with Crippen molar-refractivity contribution in [3.05, 3.63) is 36.0 Å². The monoisotopic (exact) mass is 400 g/mol. The molecule has 29 heavy (non-hydrogen) atoms. The highest BCUT2D eigenvalue weighted by molar-refractivity contribution is 5.98. The molecule has 0 saturated carbocycles. The van der Waals surface area contributed by atoms with Crippen molar-refractivity contribution in [2.24, 2.45) is 5.73 Å². The number of para-hydroxylation sites is 1. The largest absolute Gasteiger partial charge is 0.388 e. The van der Waals surface area contributed by atoms with Crippen LogP contribution in [0.25, 0.3) is 10.9 Å². The lowest BCUT2D eigenvalue weighted by Gasteiger charge is -2.51. The topological polar surface area (TPSA) is 121 Å². The number of nitrogens with zero attached hydrogens (tertiary/aromatic N) is 1. The van der Waals surface area contributed by atoms with Crippen molar-refractivity contribution in [3.8, 4) is 0 Å². The lowest BCUT2D eigenvalue weighted by atomic mass is 9.74. The van der Waals surface area contributed by atoms with Gasteiger partial charge in [-0.2, -0.15) is 0 Å². The predicted molar refractivity (Wildman–Crippen MR) is 108 cm³/mol. The number of aromatic nitrogens is 1. The van der Waals surface area contributed by atoms with Gasteiger partial charge in [0.05, 0.1) is 24.3 Å². The summed E-state index contributed by atoms with van der Waals surface area (Å²) in [7, 11) is 0. The fraction of sp³-hybridized carbons (Fsp3) is 0.524. The van der Waals surface area contributed by atoms with Crippen LogP contribution in [0, 0.1) is 0 Å². The van der Waals surface area contributed by atoms with E-state index in [0.717, 1.165) is 23.7 Å². The zero-order valence-electron chi connectivity index (χ0n) is 16.6. The molecule has 0 unspecified atom stereocenters. The van der Waals surface area contributed by atoms with Gasteiger partial charge in [0.1, 0.15) is 11.8 Å². The quantitative estimate of drug-likeness (QED) is 0.604. The Hall–Kier alpha value is -2.42. The van der Waals surface area contributed by atoms with Crippen molar-refractivity contribution >= 4 is 22.7 Å². The van der Waals surface area contributed by atoms with Gasteiger partial charge in [0, 0.05) is 30.4 Å². The summed E-state index contributed by atoms with van der Waals surface area (Å²) in [6, 6.07) is 9.53. The maximum atomic E-state index is 12.9. The second-order valence-electron chi connectivity index (χ2n) is 8.57. The van der Waals surface area contributed by atoms with Crippen LogP contribution in [-0.4, -0.2) is 70.3 Å². The Bertz CT molecular complexity index is 885. The van der Waals surface area contributed by atoms with Crippen LogP contribution < -0.4 is 11.1 Å². The van der Waals surface area contributed by atoms with E-state index in [1.54, 1.807) is 0 Å². The predicted octanol–water partition coefficient (Wildman–Crippen LogP) is 0.758. The molecule has 1 spiro atoms. The molecule has 156 valence electrons. The number of rotatable bonds is 4. The number of aliphatic hydroxyl groups is 1. The van der Waals surface area contributed by atoms with E-state index >= 15 is 0 Å². The molecule has 0 radical (unpaired) electrons. The molecule has 2 fully saturated rings. The summed E-state index contributed by atoms with van der Waals surface area (Å²) >= 11 is 0. The lowest BCUT2D eigenvalue weighted by Crippen LogP contribution is -2.65. The van der Waals surface area contributed by atoms with E-state index in [9.17, 15) is 14.7 Å². The van der Waals surface area contributed by atoms with Gasteiger partial charge in [-0.15, -0.1) is 0 Å². The number of nitrogens with one attached hydrogen (secondary N) is 2. The van der Waals surface area contributed by atoms with Gasteiger partial charge in [0.25, 0.3) is 5.91 Å². The van der Waals surface area contributed by atoms with Crippen LogP contribution in [0.15, 0.2) is 30.3 Å². The number of primary amides is 1. The molecule has 0 bridgehead atoms. The number of ether oxygens (including phenoxy) is 1. The second-order valence-corrected chi connectivity index (χ2v) is 8.57. The minimum atomic E-state index is -0.807. The van der Waals surface area contributed by atoms with Crippen LogP contribution in [0.5, 0.6) is 0 Å². The first-order valence-electron chi connectivity index (χ1n) is 10.0. The fourth-order valence-corrected chi connectivity index (χ4v) is 4.59. The number of amides is 2. The van der Waals surface area contributed by atoms with Crippen LogP contribution >= 0.6 is 0 Å². The van der Waals surface area contributed by atoms with Crippen molar-refractivity contribution in [2.75, 3.05) is 26.2 Å². The Kier molecular flexibility index (Phi) is 5.10. The summed E-state index contributed by atoms with van der Waals surface area (Å²) < 4.78 is 6.05. The molecule has 2 saturated heterocycles. The van der Waals surface area contributed by atoms with Gasteiger partial charge in [-0.1, -0.05) is 18.2 Å². The SMILES string of the molecule is C[C@@]1(NC(=O)c2cc3ccccc3[nH]2)CC2(CCN(CC(N)=O)CC2)OC[C@H]1O. The number of nitrogens with two attached hydrogens (primary N) is 1. The molecule has 8 nitrogen and oxygen atoms in total. The number of carbonyl (C=O) groups is 2. The van der Waals surface area contributed by atoms with E-state index in [0.29, 0.717) is 25.2 Å². The molecule has 4 rings (SSSR count). The molecule has 2 aliphatic heterocycles. The maximum Gasteiger partial charge on any atom is 0.268 e. The van der Waals surface area contributed by atoms with E-state index in [1.807, 2.05) is 42.2 Å². The molecule has 8 heteroatoms. The Balaban J connectivity index is 1.47. The third-order valence-electron chi connectivity index (χ3n) is 6.29. The molecule has 2 amide bonds. The number of aliphatic hydroxyl groups excluding tert-OH is 1. The van der Waals surface area contributed by atoms with Gasteiger partial charge < -0.3 is 25.9 Å². The van der Waals surface area contributed by atoms with Gasteiger partial charge in [-0.05, 0) is 31.9 Å². The van der Waals surface area contributed by atoms with Gasteiger partial charge in [0.15, 0.2) is 0 Å². The number of H-pyrrole nitrogens is 1. The van der Waals surface area contributed by atoms with Crippen molar-refractivity contribution in [2.45, 2.75) is 43.4 Å². The zero-order valence-corrected chi connectivity index (χ0v) is 16.6. The highest BCUT2D eigenvalue weighted by Gasteiger charge is 2.50. The first-order valence-corrected chi connectivity index (χ1v) is 10.0. The number of carbonyl (C=O) groups excluding carboxylic acids is 2. The van der Waals surface area contributed by atoms with Crippen LogP contribution in [0.2, 0.25) is 0 Å². The first kappa shape index (κ1) is 19.9. The van der Waals surface area contributed by atoms with E-state index < -0.39 is 17.2 Å². The minimum Gasteiger partial charge on any atom is -0.388 e. The molecule has 1 aromatic heterocycles. The second kappa shape index (κ2) is 7.44. The van der Waals surface area contributed by atoms with Crippen LogP contribution in [0.1, 0.15) is 36.7 Å². The molecule has 0 aliphatic carbocycles. The summed E-state index contributed by atoms with van der Waals surface area (Å²) in [5, 5.41) is 14.6. The summed E-state index contributed by atoms with van der Waals surface area (Å²) in [6.07, 6.45) is 1.16. The molecule has 2 aromatic rings. The number of benzene rings is 1. The third-order valence-corrected chi connectivity index (χ3v) is 6.29. The van der Waals surface area contributed by atoms with Gasteiger partial charge >= 0.3 is 0 Å². The molecular weight excluding hydrogens is 372 g/mol. The van der Waals surface area contributed by atoms with Gasteiger partial charge in [-0.3, -0.25) is 14.5 Å². The first-order chi connectivity index (χ1) is 13.8. The average molecular weight is 400 g/mol. The Morgan fingerprint density at radius 2 is 2.07 bits per heavy atom. The van der Waals surface area contributed by atoms with E-state index in [1.165, 1.54) is 0 Å². The molecule has 5 N–H and O–H groups in total.